The molecule has 0 fully saturated rings. The van der Waals surface area contributed by atoms with E-state index >= 15 is 0 Å². The molecule has 0 saturated heterocycles. The molecule has 3 aromatic heterocycles. The number of furan rings is 1. The van der Waals surface area contributed by atoms with E-state index in [0.29, 0.717) is 5.89 Å². The first-order chi connectivity index (χ1) is 29.7. The van der Waals surface area contributed by atoms with Gasteiger partial charge in [0.05, 0.1) is 22.1 Å². The van der Waals surface area contributed by atoms with Gasteiger partial charge in [0.25, 0.3) is 0 Å². The maximum atomic E-state index is 6.36. The molecule has 5 heteroatoms. The van der Waals surface area contributed by atoms with Crippen molar-refractivity contribution in [2.24, 2.45) is 0 Å². The number of anilines is 3. The molecule has 12 rings (SSSR count). The Hall–Kier alpha value is -8.15. The minimum atomic E-state index is 0.596. The van der Waals surface area contributed by atoms with E-state index in [1.807, 2.05) is 42.5 Å². The summed E-state index contributed by atoms with van der Waals surface area (Å²) >= 11 is 0. The highest BCUT2D eigenvalue weighted by Gasteiger charge is 2.22. The molecule has 0 radical (unpaired) electrons. The van der Waals surface area contributed by atoms with E-state index in [1.165, 1.54) is 27.4 Å². The summed E-state index contributed by atoms with van der Waals surface area (Å²) in [7, 11) is 0. The topological polar surface area (TPSA) is 47.3 Å². The molecule has 12 aromatic rings. The van der Waals surface area contributed by atoms with Crippen molar-refractivity contribution >= 4 is 71.9 Å². The predicted molar refractivity (Wildman–Crippen MR) is 247 cm³/mol. The van der Waals surface area contributed by atoms with Gasteiger partial charge in [0.1, 0.15) is 16.7 Å². The van der Waals surface area contributed by atoms with Crippen LogP contribution in [0.5, 0.6) is 0 Å². The Bertz CT molecular complexity index is 3510. The van der Waals surface area contributed by atoms with Crippen LogP contribution in [0, 0.1) is 0 Å². The molecule has 0 aliphatic heterocycles. The highest BCUT2D eigenvalue weighted by atomic mass is 16.4. The van der Waals surface area contributed by atoms with Crippen LogP contribution < -0.4 is 4.90 Å². The highest BCUT2D eigenvalue weighted by Crippen LogP contribution is 2.45. The fraction of sp³-hybridized carbons (Fsp3) is 0. The highest BCUT2D eigenvalue weighted by molar-refractivity contribution is 6.18. The van der Waals surface area contributed by atoms with Crippen LogP contribution in [0.1, 0.15) is 0 Å². The Balaban J connectivity index is 1.01. The number of aromatic nitrogens is 2. The second-order valence-electron chi connectivity index (χ2n) is 15.1. The third-order valence-corrected chi connectivity index (χ3v) is 11.6. The molecule has 9 aromatic carbocycles. The Morgan fingerprint density at radius 2 is 0.967 bits per heavy atom. The van der Waals surface area contributed by atoms with Gasteiger partial charge in [-0.05, 0) is 107 Å². The first-order valence-corrected chi connectivity index (χ1v) is 20.2. The summed E-state index contributed by atoms with van der Waals surface area (Å²) in [6, 6.07) is 74.7. The minimum Gasteiger partial charge on any atom is -0.456 e. The molecule has 0 amide bonds. The maximum Gasteiger partial charge on any atom is 0.227 e. The first kappa shape index (κ1) is 33.9. The first-order valence-electron chi connectivity index (χ1n) is 20.2. The van der Waals surface area contributed by atoms with Crippen LogP contribution in [0.4, 0.5) is 17.1 Å². The van der Waals surface area contributed by atoms with Gasteiger partial charge in [0.2, 0.25) is 5.89 Å². The van der Waals surface area contributed by atoms with E-state index in [0.717, 1.165) is 78.0 Å². The van der Waals surface area contributed by atoms with Gasteiger partial charge in [0, 0.05) is 38.8 Å². The van der Waals surface area contributed by atoms with E-state index in [9.17, 15) is 0 Å². The fourth-order valence-electron chi connectivity index (χ4n) is 8.83. The fourth-order valence-corrected chi connectivity index (χ4v) is 8.83. The van der Waals surface area contributed by atoms with Crippen LogP contribution in [0.2, 0.25) is 0 Å². The molecule has 0 bridgehead atoms. The lowest BCUT2D eigenvalue weighted by Gasteiger charge is -2.27. The van der Waals surface area contributed by atoms with Crippen LogP contribution in [-0.2, 0) is 0 Å². The molecular formula is C55H35N3O2. The lowest BCUT2D eigenvalue weighted by Crippen LogP contribution is -2.11. The van der Waals surface area contributed by atoms with Crippen molar-refractivity contribution in [2.75, 3.05) is 4.90 Å². The molecule has 282 valence electrons. The number of nitrogens with zero attached hydrogens (tertiary/aromatic N) is 3. The lowest BCUT2D eigenvalue weighted by molar-refractivity contribution is 0.619. The molecule has 0 spiro atoms. The second kappa shape index (κ2) is 13.8. The number of para-hydroxylation sites is 3. The smallest absolute Gasteiger partial charge is 0.227 e. The average molecular weight is 770 g/mol. The normalized spacial score (nSPS) is 11.7. The summed E-state index contributed by atoms with van der Waals surface area (Å²) in [6.07, 6.45) is 0. The molecule has 0 aliphatic carbocycles. The molecule has 0 unspecified atom stereocenters. The van der Waals surface area contributed by atoms with Gasteiger partial charge in [-0.25, -0.2) is 4.98 Å². The second-order valence-corrected chi connectivity index (χ2v) is 15.1. The summed E-state index contributed by atoms with van der Waals surface area (Å²) in [5.41, 5.74) is 15.3. The van der Waals surface area contributed by atoms with Crippen molar-refractivity contribution in [3.05, 3.63) is 212 Å². The van der Waals surface area contributed by atoms with Crippen LogP contribution in [0.3, 0.4) is 0 Å². The number of benzene rings is 9. The summed E-state index contributed by atoms with van der Waals surface area (Å²) < 4.78 is 15.0. The van der Waals surface area contributed by atoms with Crippen molar-refractivity contribution in [3.8, 4) is 39.4 Å². The Kier molecular flexibility index (Phi) is 7.78. The molecule has 0 N–H and O–H groups in total. The number of hydrogen-bond donors (Lipinski definition) is 0. The zero-order valence-electron chi connectivity index (χ0n) is 32.4. The molecule has 0 atom stereocenters. The van der Waals surface area contributed by atoms with Crippen molar-refractivity contribution < 1.29 is 8.83 Å². The number of oxazole rings is 1. The van der Waals surface area contributed by atoms with Gasteiger partial charge in [-0.3, -0.25) is 0 Å². The third-order valence-electron chi connectivity index (χ3n) is 11.6. The standard InChI is InChI=1S/C55H35N3O2/c1-4-13-36(14-5-1)37-23-28-42(29-24-37)57(48-22-12-20-45-44-19-10-11-21-47(44)58(54(45)48)41-17-8-3-9-18-41)43-30-25-38(26-31-43)40-27-32-49-46(35-40)52-50(59-49)33-34-51-53(52)56-55(60-51)39-15-6-2-7-16-39/h1-35H. The zero-order valence-corrected chi connectivity index (χ0v) is 32.4. The molecule has 3 heterocycles. The Labute approximate surface area is 345 Å². The largest absolute Gasteiger partial charge is 0.456 e. The Morgan fingerprint density at radius 3 is 1.70 bits per heavy atom. The predicted octanol–water partition coefficient (Wildman–Crippen LogP) is 15.3. The number of fused-ring (bicyclic) bond motifs is 8. The summed E-state index contributed by atoms with van der Waals surface area (Å²) in [5.74, 6) is 0.596. The van der Waals surface area contributed by atoms with E-state index in [1.54, 1.807) is 0 Å². The Morgan fingerprint density at radius 1 is 0.400 bits per heavy atom. The minimum absolute atomic E-state index is 0.596. The van der Waals surface area contributed by atoms with E-state index in [-0.39, 0.29) is 0 Å². The van der Waals surface area contributed by atoms with E-state index < -0.39 is 0 Å². The molecular weight excluding hydrogens is 735 g/mol. The summed E-state index contributed by atoms with van der Waals surface area (Å²) in [5, 5.41) is 4.38. The molecule has 60 heavy (non-hydrogen) atoms. The van der Waals surface area contributed by atoms with Crippen LogP contribution in [0.25, 0.3) is 94.2 Å². The summed E-state index contributed by atoms with van der Waals surface area (Å²) in [6.45, 7) is 0. The lowest BCUT2D eigenvalue weighted by atomic mass is 10.0. The SMILES string of the molecule is c1ccc(-c2ccc(N(c3ccc(-c4ccc5oc6ccc7oc(-c8ccccc8)nc7c6c5c4)cc3)c3cccc4c5ccccc5n(-c5ccccc5)c34)cc2)cc1. The van der Waals surface area contributed by atoms with Gasteiger partial charge >= 0.3 is 0 Å². The molecule has 5 nitrogen and oxygen atoms in total. The maximum absolute atomic E-state index is 6.36. The van der Waals surface area contributed by atoms with Gasteiger partial charge in [-0.2, -0.15) is 0 Å². The third kappa shape index (κ3) is 5.52. The van der Waals surface area contributed by atoms with Crippen molar-refractivity contribution in [1.29, 1.82) is 0 Å². The number of hydrogen-bond acceptors (Lipinski definition) is 4. The van der Waals surface area contributed by atoms with Gasteiger partial charge in [0.15, 0.2) is 5.58 Å². The number of rotatable bonds is 7. The van der Waals surface area contributed by atoms with Gasteiger partial charge < -0.3 is 18.3 Å². The van der Waals surface area contributed by atoms with E-state index in [2.05, 4.69) is 179 Å². The summed E-state index contributed by atoms with van der Waals surface area (Å²) in [4.78, 5) is 7.36. The van der Waals surface area contributed by atoms with Gasteiger partial charge in [-0.15, -0.1) is 0 Å². The van der Waals surface area contributed by atoms with Crippen LogP contribution in [-0.4, -0.2) is 9.55 Å². The van der Waals surface area contributed by atoms with Crippen LogP contribution >= 0.6 is 0 Å². The van der Waals surface area contributed by atoms with Crippen molar-refractivity contribution in [1.82, 2.24) is 9.55 Å². The van der Waals surface area contributed by atoms with Crippen molar-refractivity contribution in [3.63, 3.8) is 0 Å². The quantitative estimate of drug-likeness (QED) is 0.162. The average Bonchev–Trinajstić information content (AvgIpc) is 4.03. The van der Waals surface area contributed by atoms with Gasteiger partial charge in [-0.1, -0.05) is 127 Å². The van der Waals surface area contributed by atoms with Crippen LogP contribution in [0.15, 0.2) is 221 Å². The van der Waals surface area contributed by atoms with Crippen molar-refractivity contribution in [2.45, 2.75) is 0 Å². The molecule has 0 aliphatic rings. The zero-order chi connectivity index (χ0) is 39.6. The monoisotopic (exact) mass is 769 g/mol. The molecule has 0 saturated carbocycles. The van der Waals surface area contributed by atoms with E-state index in [4.69, 9.17) is 13.8 Å².